The number of rotatable bonds is 2. The minimum atomic E-state index is 0.126. The highest BCUT2D eigenvalue weighted by Crippen LogP contribution is 2.05. The maximum atomic E-state index is 8.21. The SMILES string of the molecule is N/C(Cn1cc(Br)cn1)=N/O. The van der Waals surface area contributed by atoms with E-state index < -0.39 is 0 Å². The number of halogens is 1. The van der Waals surface area contributed by atoms with Gasteiger partial charge in [-0.1, -0.05) is 5.16 Å². The van der Waals surface area contributed by atoms with Crippen LogP contribution in [0.3, 0.4) is 0 Å². The van der Waals surface area contributed by atoms with E-state index in [0.717, 1.165) is 4.47 Å². The van der Waals surface area contributed by atoms with Crippen molar-refractivity contribution >= 4 is 21.8 Å². The predicted molar refractivity (Wildman–Crippen MR) is 43.3 cm³/mol. The first-order valence-electron chi connectivity index (χ1n) is 2.86. The highest BCUT2D eigenvalue weighted by molar-refractivity contribution is 9.10. The first kappa shape index (κ1) is 8.06. The molecule has 1 aromatic heterocycles. The molecule has 0 radical (unpaired) electrons. The van der Waals surface area contributed by atoms with Gasteiger partial charge < -0.3 is 10.9 Å². The van der Waals surface area contributed by atoms with Crippen LogP contribution in [0.5, 0.6) is 0 Å². The van der Waals surface area contributed by atoms with Crippen molar-refractivity contribution in [1.82, 2.24) is 9.78 Å². The summed E-state index contributed by atoms with van der Waals surface area (Å²) in [6, 6.07) is 0. The van der Waals surface area contributed by atoms with Gasteiger partial charge in [-0.25, -0.2) is 0 Å². The van der Waals surface area contributed by atoms with Gasteiger partial charge in [0.15, 0.2) is 5.84 Å². The minimum Gasteiger partial charge on any atom is -0.409 e. The molecule has 1 heterocycles. The van der Waals surface area contributed by atoms with Crippen LogP contribution < -0.4 is 5.73 Å². The van der Waals surface area contributed by atoms with E-state index in [1.165, 1.54) is 0 Å². The smallest absolute Gasteiger partial charge is 0.160 e. The first-order chi connectivity index (χ1) is 5.22. The van der Waals surface area contributed by atoms with Crippen LogP contribution in [0, 0.1) is 0 Å². The molecule has 3 N–H and O–H groups in total. The molecule has 0 unspecified atom stereocenters. The molecule has 0 amide bonds. The lowest BCUT2D eigenvalue weighted by atomic mass is 10.6. The second-order valence-corrected chi connectivity index (χ2v) is 2.86. The third-order valence-corrected chi connectivity index (χ3v) is 1.46. The number of nitrogens with zero attached hydrogens (tertiary/aromatic N) is 3. The molecule has 0 aromatic carbocycles. The van der Waals surface area contributed by atoms with Crippen molar-refractivity contribution in [3.05, 3.63) is 16.9 Å². The van der Waals surface area contributed by atoms with Crippen LogP contribution in [0.1, 0.15) is 0 Å². The summed E-state index contributed by atoms with van der Waals surface area (Å²) >= 11 is 3.22. The lowest BCUT2D eigenvalue weighted by molar-refractivity contribution is 0.316. The van der Waals surface area contributed by atoms with Crippen LogP contribution >= 0.6 is 15.9 Å². The average molecular weight is 219 g/mol. The van der Waals surface area contributed by atoms with Crippen molar-refractivity contribution in [3.63, 3.8) is 0 Å². The van der Waals surface area contributed by atoms with E-state index in [0.29, 0.717) is 6.54 Å². The van der Waals surface area contributed by atoms with Gasteiger partial charge in [0.05, 0.1) is 10.7 Å². The summed E-state index contributed by atoms with van der Waals surface area (Å²) in [6.07, 6.45) is 3.36. The van der Waals surface area contributed by atoms with Gasteiger partial charge in [-0.15, -0.1) is 0 Å². The minimum absolute atomic E-state index is 0.126. The van der Waals surface area contributed by atoms with Gasteiger partial charge in [0.2, 0.25) is 0 Å². The summed E-state index contributed by atoms with van der Waals surface area (Å²) in [6.45, 7) is 0.294. The number of aromatic nitrogens is 2. The third kappa shape index (κ3) is 2.23. The summed E-state index contributed by atoms with van der Waals surface area (Å²) in [5, 5.41) is 14.9. The Labute approximate surface area is 71.6 Å². The molecule has 5 nitrogen and oxygen atoms in total. The van der Waals surface area contributed by atoms with Crippen LogP contribution in [-0.4, -0.2) is 20.8 Å². The highest BCUT2D eigenvalue weighted by atomic mass is 79.9. The predicted octanol–water partition coefficient (Wildman–Crippen LogP) is 0.392. The molecule has 0 aliphatic rings. The van der Waals surface area contributed by atoms with E-state index in [1.807, 2.05) is 0 Å². The summed E-state index contributed by atoms with van der Waals surface area (Å²) < 4.78 is 2.42. The molecule has 0 atom stereocenters. The van der Waals surface area contributed by atoms with Gasteiger partial charge in [0, 0.05) is 6.20 Å². The Balaban J connectivity index is 2.65. The fourth-order valence-electron chi connectivity index (χ4n) is 0.622. The van der Waals surface area contributed by atoms with Crippen LogP contribution in [0.4, 0.5) is 0 Å². The molecular formula is C5H7BrN4O. The Bertz CT molecular complexity index is 269. The van der Waals surface area contributed by atoms with Crippen LogP contribution in [-0.2, 0) is 6.54 Å². The number of amidine groups is 1. The second kappa shape index (κ2) is 3.38. The number of oxime groups is 1. The zero-order chi connectivity index (χ0) is 8.27. The van der Waals surface area contributed by atoms with Gasteiger partial charge in [-0.05, 0) is 15.9 Å². The molecule has 0 bridgehead atoms. The van der Waals surface area contributed by atoms with E-state index in [-0.39, 0.29) is 5.84 Å². The second-order valence-electron chi connectivity index (χ2n) is 1.95. The molecule has 0 fully saturated rings. The summed E-state index contributed by atoms with van der Waals surface area (Å²) in [5.41, 5.74) is 5.24. The summed E-state index contributed by atoms with van der Waals surface area (Å²) in [4.78, 5) is 0. The van der Waals surface area contributed by atoms with E-state index >= 15 is 0 Å². The van der Waals surface area contributed by atoms with Crippen molar-refractivity contribution in [3.8, 4) is 0 Å². The Morgan fingerprint density at radius 2 is 2.64 bits per heavy atom. The fraction of sp³-hybridized carbons (Fsp3) is 0.200. The topological polar surface area (TPSA) is 76.4 Å². The number of hydrogen-bond donors (Lipinski definition) is 2. The van der Waals surface area contributed by atoms with Crippen molar-refractivity contribution in [2.24, 2.45) is 10.9 Å². The molecular weight excluding hydrogens is 212 g/mol. The summed E-state index contributed by atoms with van der Waals surface area (Å²) in [7, 11) is 0. The molecule has 1 aromatic rings. The van der Waals surface area contributed by atoms with E-state index in [4.69, 9.17) is 10.9 Å². The van der Waals surface area contributed by atoms with E-state index in [2.05, 4.69) is 26.2 Å². The zero-order valence-corrected chi connectivity index (χ0v) is 7.19. The largest absolute Gasteiger partial charge is 0.409 e. The standard InChI is InChI=1S/C5H7BrN4O/c6-4-1-8-10(2-4)3-5(7)9-11/h1-2,11H,3H2,(H2,7,9). The molecule has 0 spiro atoms. The Hall–Kier alpha value is -1.04. The Kier molecular flexibility index (Phi) is 2.48. The molecule has 0 aliphatic heterocycles. The van der Waals surface area contributed by atoms with Crippen LogP contribution in [0.15, 0.2) is 22.0 Å². The van der Waals surface area contributed by atoms with Crippen molar-refractivity contribution in [2.75, 3.05) is 0 Å². The quantitative estimate of drug-likeness (QED) is 0.327. The van der Waals surface area contributed by atoms with Crippen LogP contribution in [0.2, 0.25) is 0 Å². The Morgan fingerprint density at radius 3 is 3.09 bits per heavy atom. The zero-order valence-electron chi connectivity index (χ0n) is 5.61. The van der Waals surface area contributed by atoms with Gasteiger partial charge in [-0.3, -0.25) is 4.68 Å². The van der Waals surface area contributed by atoms with Gasteiger partial charge in [0.25, 0.3) is 0 Å². The lowest BCUT2D eigenvalue weighted by Crippen LogP contribution is -2.19. The van der Waals surface area contributed by atoms with Gasteiger partial charge in [-0.2, -0.15) is 5.10 Å². The number of hydrogen-bond acceptors (Lipinski definition) is 3. The van der Waals surface area contributed by atoms with E-state index in [9.17, 15) is 0 Å². The molecule has 0 saturated heterocycles. The monoisotopic (exact) mass is 218 g/mol. The third-order valence-electron chi connectivity index (χ3n) is 1.05. The van der Waals surface area contributed by atoms with Crippen molar-refractivity contribution < 1.29 is 5.21 Å². The number of nitrogens with two attached hydrogens (primary N) is 1. The summed E-state index contributed by atoms with van der Waals surface area (Å²) in [5.74, 6) is 0.126. The van der Waals surface area contributed by atoms with Crippen molar-refractivity contribution in [2.45, 2.75) is 6.54 Å². The lowest BCUT2D eigenvalue weighted by Gasteiger charge is -1.96. The normalized spacial score (nSPS) is 11.9. The molecule has 6 heteroatoms. The molecule has 11 heavy (non-hydrogen) atoms. The van der Waals surface area contributed by atoms with Gasteiger partial charge >= 0.3 is 0 Å². The average Bonchev–Trinajstić information content (AvgIpc) is 2.35. The fourth-order valence-corrected chi connectivity index (χ4v) is 0.950. The van der Waals surface area contributed by atoms with Crippen molar-refractivity contribution in [1.29, 1.82) is 0 Å². The Morgan fingerprint density at radius 1 is 1.91 bits per heavy atom. The maximum Gasteiger partial charge on any atom is 0.160 e. The molecule has 0 aliphatic carbocycles. The van der Waals surface area contributed by atoms with Crippen LogP contribution in [0.25, 0.3) is 0 Å². The van der Waals surface area contributed by atoms with Gasteiger partial charge in [0.1, 0.15) is 6.54 Å². The van der Waals surface area contributed by atoms with E-state index in [1.54, 1.807) is 17.1 Å². The molecule has 60 valence electrons. The maximum absolute atomic E-state index is 8.21. The highest BCUT2D eigenvalue weighted by Gasteiger charge is 1.96. The molecule has 0 saturated carbocycles. The first-order valence-corrected chi connectivity index (χ1v) is 3.66. The molecule has 1 rings (SSSR count).